The molecule has 1 heterocycles. The first-order valence-electron chi connectivity index (χ1n) is 5.77. The van der Waals surface area contributed by atoms with E-state index in [9.17, 15) is 4.21 Å². The normalized spacial score (nSPS) is 24.8. The number of nitrogens with one attached hydrogen (secondary N) is 1. The second kappa shape index (κ2) is 3.57. The van der Waals surface area contributed by atoms with Crippen molar-refractivity contribution in [3.63, 3.8) is 0 Å². The van der Waals surface area contributed by atoms with Crippen molar-refractivity contribution in [2.75, 3.05) is 6.54 Å². The summed E-state index contributed by atoms with van der Waals surface area (Å²) in [6, 6.07) is 8.29. The van der Waals surface area contributed by atoms with Crippen LogP contribution in [0.2, 0.25) is 0 Å². The second-order valence-electron chi connectivity index (χ2n) is 4.65. The van der Waals surface area contributed by atoms with Crippen LogP contribution in [0.4, 0.5) is 0 Å². The van der Waals surface area contributed by atoms with E-state index in [0.717, 1.165) is 25.8 Å². The lowest BCUT2D eigenvalue weighted by atomic mass is 10.0. The van der Waals surface area contributed by atoms with Gasteiger partial charge in [0.05, 0.1) is 5.25 Å². The molecule has 0 radical (unpaired) electrons. The van der Waals surface area contributed by atoms with E-state index in [-0.39, 0.29) is 5.25 Å². The molecule has 0 spiro atoms. The molecule has 1 unspecified atom stereocenters. The third-order valence-electron chi connectivity index (χ3n) is 3.46. The van der Waals surface area contributed by atoms with Gasteiger partial charge in [0, 0.05) is 13.1 Å². The Morgan fingerprint density at radius 2 is 1.94 bits per heavy atom. The maximum Gasteiger partial charge on any atom is 0.111 e. The SMILES string of the molecule is N=S(=O)(C1CC1)N1CCc2ccccc2C1. The third-order valence-corrected chi connectivity index (χ3v) is 5.91. The van der Waals surface area contributed by atoms with Gasteiger partial charge in [0.25, 0.3) is 0 Å². The smallest absolute Gasteiger partial charge is 0.111 e. The third kappa shape index (κ3) is 1.66. The van der Waals surface area contributed by atoms with E-state index in [1.54, 1.807) is 0 Å². The molecule has 16 heavy (non-hydrogen) atoms. The summed E-state index contributed by atoms with van der Waals surface area (Å²) in [6.07, 6.45) is 2.87. The minimum absolute atomic E-state index is 0.137. The fraction of sp³-hybridized carbons (Fsp3) is 0.500. The molecule has 3 nitrogen and oxygen atoms in total. The lowest BCUT2D eigenvalue weighted by Crippen LogP contribution is -2.37. The first-order valence-corrected chi connectivity index (χ1v) is 7.35. The van der Waals surface area contributed by atoms with Gasteiger partial charge in [-0.2, -0.15) is 0 Å². The Morgan fingerprint density at radius 1 is 1.25 bits per heavy atom. The van der Waals surface area contributed by atoms with Gasteiger partial charge in [-0.3, -0.25) is 0 Å². The molecule has 2 aliphatic rings. The molecule has 0 amide bonds. The summed E-state index contributed by atoms with van der Waals surface area (Å²) >= 11 is 0. The van der Waals surface area contributed by atoms with Crippen LogP contribution < -0.4 is 0 Å². The summed E-state index contributed by atoms with van der Waals surface area (Å²) in [7, 11) is -2.50. The fourth-order valence-corrected chi connectivity index (χ4v) is 4.19. The minimum Gasteiger partial charge on any atom is -0.240 e. The van der Waals surface area contributed by atoms with E-state index in [1.807, 2.05) is 16.4 Å². The zero-order chi connectivity index (χ0) is 11.2. The monoisotopic (exact) mass is 236 g/mol. The van der Waals surface area contributed by atoms with Crippen LogP contribution in [0.5, 0.6) is 0 Å². The van der Waals surface area contributed by atoms with E-state index >= 15 is 0 Å². The molecule has 1 aliphatic carbocycles. The van der Waals surface area contributed by atoms with Crippen LogP contribution in [-0.4, -0.2) is 20.3 Å². The fourth-order valence-electron chi connectivity index (χ4n) is 2.30. The Labute approximate surface area is 96.6 Å². The molecule has 86 valence electrons. The average molecular weight is 236 g/mol. The van der Waals surface area contributed by atoms with Crippen LogP contribution in [0.1, 0.15) is 24.0 Å². The first kappa shape index (κ1) is 10.3. The summed E-state index contributed by atoms with van der Waals surface area (Å²) < 4.78 is 22.2. The number of hydrogen-bond donors (Lipinski definition) is 1. The van der Waals surface area contributed by atoms with Crippen molar-refractivity contribution >= 4 is 9.92 Å². The summed E-state index contributed by atoms with van der Waals surface area (Å²) in [5.74, 6) is 0. The Morgan fingerprint density at radius 3 is 2.62 bits per heavy atom. The molecule has 1 saturated carbocycles. The standard InChI is InChI=1S/C12H16N2OS/c13-16(15,12-5-6-12)14-8-7-10-3-1-2-4-11(10)9-14/h1-4,12-13H,5-9H2. The molecule has 1 fully saturated rings. The predicted octanol–water partition coefficient (Wildman–Crippen LogP) is 2.17. The van der Waals surface area contributed by atoms with Crippen molar-refractivity contribution in [3.8, 4) is 0 Å². The highest BCUT2D eigenvalue weighted by Gasteiger charge is 2.37. The van der Waals surface area contributed by atoms with Crippen LogP contribution in [0.25, 0.3) is 0 Å². The van der Waals surface area contributed by atoms with Gasteiger partial charge in [-0.1, -0.05) is 24.3 Å². The number of hydrogen-bond acceptors (Lipinski definition) is 2. The summed E-state index contributed by atoms with van der Waals surface area (Å²) in [5, 5.41) is 0.137. The lowest BCUT2D eigenvalue weighted by molar-refractivity contribution is 0.413. The summed E-state index contributed by atoms with van der Waals surface area (Å²) in [6.45, 7) is 1.46. The van der Waals surface area contributed by atoms with Crippen LogP contribution in [0, 0.1) is 4.78 Å². The van der Waals surface area contributed by atoms with E-state index < -0.39 is 9.92 Å². The van der Waals surface area contributed by atoms with Crippen molar-refractivity contribution in [1.82, 2.24) is 4.31 Å². The van der Waals surface area contributed by atoms with Gasteiger partial charge >= 0.3 is 0 Å². The molecule has 0 saturated heterocycles. The molecule has 0 bridgehead atoms. The van der Waals surface area contributed by atoms with Gasteiger partial charge in [-0.05, 0) is 30.4 Å². The Kier molecular flexibility index (Phi) is 2.30. The number of fused-ring (bicyclic) bond motifs is 1. The van der Waals surface area contributed by atoms with E-state index in [4.69, 9.17) is 4.78 Å². The van der Waals surface area contributed by atoms with E-state index in [1.165, 1.54) is 11.1 Å². The molecule has 1 aliphatic heterocycles. The largest absolute Gasteiger partial charge is 0.240 e. The van der Waals surface area contributed by atoms with Crippen molar-refractivity contribution in [3.05, 3.63) is 35.4 Å². The van der Waals surface area contributed by atoms with Gasteiger partial charge in [-0.25, -0.2) is 13.3 Å². The highest BCUT2D eigenvalue weighted by Crippen LogP contribution is 2.33. The van der Waals surface area contributed by atoms with E-state index in [0.29, 0.717) is 6.54 Å². The highest BCUT2D eigenvalue weighted by molar-refractivity contribution is 7.91. The average Bonchev–Trinajstić information content (AvgIpc) is 3.12. The highest BCUT2D eigenvalue weighted by atomic mass is 32.2. The van der Waals surface area contributed by atoms with Crippen molar-refractivity contribution in [2.45, 2.75) is 31.1 Å². The van der Waals surface area contributed by atoms with Crippen LogP contribution in [0.15, 0.2) is 24.3 Å². The number of benzene rings is 1. The predicted molar refractivity (Wildman–Crippen MR) is 64.4 cm³/mol. The van der Waals surface area contributed by atoms with Gasteiger partial charge < -0.3 is 0 Å². The van der Waals surface area contributed by atoms with E-state index in [2.05, 4.69) is 12.1 Å². The molecular weight excluding hydrogens is 220 g/mol. The minimum atomic E-state index is -2.50. The zero-order valence-corrected chi connectivity index (χ0v) is 10.0. The molecule has 1 aromatic carbocycles. The molecule has 0 aromatic heterocycles. The number of nitrogens with zero attached hydrogens (tertiary/aromatic N) is 1. The van der Waals surface area contributed by atoms with Crippen molar-refractivity contribution in [2.24, 2.45) is 0 Å². The Hall–Kier alpha value is -0.870. The van der Waals surface area contributed by atoms with Crippen molar-refractivity contribution < 1.29 is 4.21 Å². The van der Waals surface area contributed by atoms with Crippen LogP contribution >= 0.6 is 0 Å². The van der Waals surface area contributed by atoms with Gasteiger partial charge in [-0.15, -0.1) is 0 Å². The van der Waals surface area contributed by atoms with Crippen molar-refractivity contribution in [1.29, 1.82) is 4.78 Å². The lowest BCUT2D eigenvalue weighted by Gasteiger charge is -2.30. The summed E-state index contributed by atoms with van der Waals surface area (Å²) in [5.41, 5.74) is 2.60. The Balaban J connectivity index is 1.88. The Bertz CT molecular complexity index is 506. The molecule has 1 N–H and O–H groups in total. The van der Waals surface area contributed by atoms with Gasteiger partial charge in [0.2, 0.25) is 0 Å². The maximum atomic E-state index is 12.3. The first-order chi connectivity index (χ1) is 7.68. The second-order valence-corrected chi connectivity index (χ2v) is 6.97. The maximum absolute atomic E-state index is 12.3. The van der Waals surface area contributed by atoms with Gasteiger partial charge in [0.15, 0.2) is 0 Å². The van der Waals surface area contributed by atoms with Crippen LogP contribution in [-0.2, 0) is 22.9 Å². The molecule has 1 atom stereocenters. The summed E-state index contributed by atoms with van der Waals surface area (Å²) in [4.78, 5) is 0. The molecule has 1 aromatic rings. The molecule has 3 rings (SSSR count). The molecular formula is C12H16N2OS. The topological polar surface area (TPSA) is 44.2 Å². The quantitative estimate of drug-likeness (QED) is 0.840. The van der Waals surface area contributed by atoms with Gasteiger partial charge in [0.1, 0.15) is 9.92 Å². The zero-order valence-electron chi connectivity index (χ0n) is 9.19. The number of rotatable bonds is 2. The van der Waals surface area contributed by atoms with Crippen LogP contribution in [0.3, 0.4) is 0 Å². The molecule has 4 heteroatoms.